The number of amides is 2. The molecule has 4 N–H and O–H groups in total. The number of rotatable bonds is 5. The number of methoxy groups -OCH3 is 1. The molecule has 0 unspecified atom stereocenters. The molecule has 0 atom stereocenters. The van der Waals surface area contributed by atoms with Gasteiger partial charge in [0.15, 0.2) is 0 Å². The minimum absolute atomic E-state index is 0.120. The predicted molar refractivity (Wildman–Crippen MR) is 62.0 cm³/mol. The van der Waals surface area contributed by atoms with Gasteiger partial charge >= 0.3 is 0 Å². The van der Waals surface area contributed by atoms with Gasteiger partial charge in [-0.25, -0.2) is 5.84 Å². The van der Waals surface area contributed by atoms with E-state index in [9.17, 15) is 9.59 Å². The van der Waals surface area contributed by atoms with Crippen LogP contribution in [-0.4, -0.2) is 25.5 Å². The van der Waals surface area contributed by atoms with E-state index >= 15 is 0 Å². The Labute approximate surface area is 99.1 Å². The molecule has 1 aromatic rings. The largest absolute Gasteiger partial charge is 0.497 e. The molecule has 92 valence electrons. The van der Waals surface area contributed by atoms with Crippen LogP contribution in [0, 0.1) is 0 Å². The molecule has 1 rings (SSSR count). The molecule has 17 heavy (non-hydrogen) atoms. The van der Waals surface area contributed by atoms with Crippen LogP contribution in [0.4, 0.5) is 0 Å². The first-order chi connectivity index (χ1) is 8.15. The molecule has 0 saturated carbocycles. The molecular weight excluding hydrogens is 222 g/mol. The Morgan fingerprint density at radius 2 is 1.88 bits per heavy atom. The van der Waals surface area contributed by atoms with E-state index in [0.717, 1.165) is 11.3 Å². The van der Waals surface area contributed by atoms with E-state index in [-0.39, 0.29) is 18.9 Å². The summed E-state index contributed by atoms with van der Waals surface area (Å²) in [6, 6.07) is 7.13. The quantitative estimate of drug-likeness (QED) is 0.360. The second-order valence-corrected chi connectivity index (χ2v) is 3.37. The van der Waals surface area contributed by atoms with Crippen molar-refractivity contribution in [2.24, 2.45) is 5.84 Å². The first-order valence-corrected chi connectivity index (χ1v) is 5.04. The monoisotopic (exact) mass is 237 g/mol. The maximum atomic E-state index is 11.4. The van der Waals surface area contributed by atoms with Gasteiger partial charge in [-0.15, -0.1) is 0 Å². The number of ether oxygens (including phenoxy) is 1. The summed E-state index contributed by atoms with van der Waals surface area (Å²) in [5.41, 5.74) is 2.77. The maximum absolute atomic E-state index is 11.4. The Balaban J connectivity index is 2.42. The van der Waals surface area contributed by atoms with Crippen molar-refractivity contribution < 1.29 is 14.3 Å². The van der Waals surface area contributed by atoms with Crippen molar-refractivity contribution >= 4 is 11.8 Å². The zero-order valence-electron chi connectivity index (χ0n) is 9.53. The van der Waals surface area contributed by atoms with Crippen LogP contribution in [0.3, 0.4) is 0 Å². The van der Waals surface area contributed by atoms with Gasteiger partial charge < -0.3 is 10.1 Å². The van der Waals surface area contributed by atoms with Gasteiger partial charge in [-0.05, 0) is 17.7 Å². The summed E-state index contributed by atoms with van der Waals surface area (Å²) in [7, 11) is 1.58. The third kappa shape index (κ3) is 4.52. The van der Waals surface area contributed by atoms with Crippen LogP contribution in [0.15, 0.2) is 24.3 Å². The maximum Gasteiger partial charge on any atom is 0.253 e. The van der Waals surface area contributed by atoms with Crippen molar-refractivity contribution in [3.63, 3.8) is 0 Å². The molecule has 0 aliphatic rings. The zero-order valence-corrected chi connectivity index (χ0v) is 9.53. The number of hydrogen-bond donors (Lipinski definition) is 3. The first-order valence-electron chi connectivity index (χ1n) is 5.04. The van der Waals surface area contributed by atoms with Crippen LogP contribution in [0.1, 0.15) is 5.56 Å². The van der Waals surface area contributed by atoms with Gasteiger partial charge in [0.1, 0.15) is 5.75 Å². The molecule has 0 saturated heterocycles. The molecule has 1 aromatic carbocycles. The fraction of sp³-hybridized carbons (Fsp3) is 0.273. The van der Waals surface area contributed by atoms with Crippen molar-refractivity contribution in [2.45, 2.75) is 6.42 Å². The summed E-state index contributed by atoms with van der Waals surface area (Å²) in [4.78, 5) is 22.2. The highest BCUT2D eigenvalue weighted by atomic mass is 16.5. The number of carbonyl (C=O) groups is 2. The summed E-state index contributed by atoms with van der Waals surface area (Å²) in [5.74, 6) is 4.94. The van der Waals surface area contributed by atoms with Crippen LogP contribution in [-0.2, 0) is 16.0 Å². The van der Waals surface area contributed by atoms with E-state index in [2.05, 4.69) is 5.32 Å². The highest BCUT2D eigenvalue weighted by molar-refractivity contribution is 5.85. The van der Waals surface area contributed by atoms with Crippen LogP contribution < -0.4 is 21.3 Å². The van der Waals surface area contributed by atoms with E-state index in [0.29, 0.717) is 0 Å². The minimum atomic E-state index is -0.437. The molecule has 0 bridgehead atoms. The summed E-state index contributed by atoms with van der Waals surface area (Å²) >= 11 is 0. The van der Waals surface area contributed by atoms with E-state index in [1.54, 1.807) is 31.4 Å². The Hall–Kier alpha value is -2.08. The molecule has 0 heterocycles. The van der Waals surface area contributed by atoms with Gasteiger partial charge in [-0.3, -0.25) is 15.0 Å². The lowest BCUT2D eigenvalue weighted by Crippen LogP contribution is -2.40. The van der Waals surface area contributed by atoms with Crippen LogP contribution in [0.5, 0.6) is 5.75 Å². The lowest BCUT2D eigenvalue weighted by atomic mass is 10.1. The van der Waals surface area contributed by atoms with Crippen molar-refractivity contribution in [1.29, 1.82) is 0 Å². The second-order valence-electron chi connectivity index (χ2n) is 3.37. The SMILES string of the molecule is COc1ccc(CC(=O)NCC(=O)NN)cc1. The standard InChI is InChI=1S/C11H15N3O3/c1-17-9-4-2-8(3-5-9)6-10(15)13-7-11(16)14-12/h2-5H,6-7,12H2,1H3,(H,13,15)(H,14,16). The van der Waals surface area contributed by atoms with Gasteiger partial charge in [0.2, 0.25) is 5.91 Å². The number of hydrogen-bond acceptors (Lipinski definition) is 4. The average Bonchev–Trinajstić information content (AvgIpc) is 2.36. The van der Waals surface area contributed by atoms with Crippen LogP contribution in [0.2, 0.25) is 0 Å². The zero-order chi connectivity index (χ0) is 12.7. The van der Waals surface area contributed by atoms with Gasteiger partial charge in [0.05, 0.1) is 20.1 Å². The Kier molecular flexibility index (Phi) is 4.96. The molecule has 0 radical (unpaired) electrons. The summed E-state index contributed by atoms with van der Waals surface area (Å²) in [6.45, 7) is -0.120. The number of benzene rings is 1. The fourth-order valence-corrected chi connectivity index (χ4v) is 1.22. The smallest absolute Gasteiger partial charge is 0.253 e. The molecule has 0 aliphatic carbocycles. The van der Waals surface area contributed by atoms with Crippen molar-refractivity contribution in [3.05, 3.63) is 29.8 Å². The lowest BCUT2D eigenvalue weighted by molar-refractivity contribution is -0.125. The Morgan fingerprint density at radius 1 is 1.24 bits per heavy atom. The van der Waals surface area contributed by atoms with Gasteiger partial charge in [-0.1, -0.05) is 12.1 Å². The highest BCUT2D eigenvalue weighted by Gasteiger charge is 2.05. The fourth-order valence-electron chi connectivity index (χ4n) is 1.22. The van der Waals surface area contributed by atoms with E-state index in [4.69, 9.17) is 10.6 Å². The minimum Gasteiger partial charge on any atom is -0.497 e. The molecule has 0 fully saturated rings. The number of carbonyl (C=O) groups excluding carboxylic acids is 2. The molecule has 6 nitrogen and oxygen atoms in total. The first kappa shape index (κ1) is 13.0. The van der Waals surface area contributed by atoms with E-state index < -0.39 is 5.91 Å². The van der Waals surface area contributed by atoms with E-state index in [1.165, 1.54) is 0 Å². The normalized spacial score (nSPS) is 9.53. The number of hydrazine groups is 1. The molecule has 2 amide bonds. The molecular formula is C11H15N3O3. The lowest BCUT2D eigenvalue weighted by Gasteiger charge is -2.05. The van der Waals surface area contributed by atoms with Crippen molar-refractivity contribution in [2.75, 3.05) is 13.7 Å². The summed E-state index contributed by atoms with van der Waals surface area (Å²) in [6.07, 6.45) is 0.210. The Morgan fingerprint density at radius 3 is 2.41 bits per heavy atom. The molecule has 0 aliphatic heterocycles. The average molecular weight is 237 g/mol. The Bertz CT molecular complexity index is 389. The van der Waals surface area contributed by atoms with Gasteiger partial charge in [0.25, 0.3) is 5.91 Å². The summed E-state index contributed by atoms with van der Waals surface area (Å²) in [5, 5.41) is 2.45. The van der Waals surface area contributed by atoms with Crippen LogP contribution in [0.25, 0.3) is 0 Å². The van der Waals surface area contributed by atoms with Crippen LogP contribution >= 0.6 is 0 Å². The molecule has 6 heteroatoms. The third-order valence-corrected chi connectivity index (χ3v) is 2.13. The van der Waals surface area contributed by atoms with Crippen molar-refractivity contribution in [3.8, 4) is 5.75 Å². The highest BCUT2D eigenvalue weighted by Crippen LogP contribution is 2.11. The summed E-state index contributed by atoms with van der Waals surface area (Å²) < 4.78 is 5.00. The third-order valence-electron chi connectivity index (χ3n) is 2.13. The van der Waals surface area contributed by atoms with E-state index in [1.807, 2.05) is 5.43 Å². The molecule has 0 spiro atoms. The van der Waals surface area contributed by atoms with Gasteiger partial charge in [-0.2, -0.15) is 0 Å². The second kappa shape index (κ2) is 6.49. The van der Waals surface area contributed by atoms with Gasteiger partial charge in [0, 0.05) is 0 Å². The predicted octanol–water partition coefficient (Wildman–Crippen LogP) is -0.656. The van der Waals surface area contributed by atoms with Crippen molar-refractivity contribution in [1.82, 2.24) is 10.7 Å². The number of nitrogens with one attached hydrogen (secondary N) is 2. The molecule has 0 aromatic heterocycles. The topological polar surface area (TPSA) is 93.4 Å². The number of nitrogens with two attached hydrogens (primary N) is 1.